The molecule has 0 spiro atoms. The highest BCUT2D eigenvalue weighted by molar-refractivity contribution is 5.94. The first kappa shape index (κ1) is 59.4. The number of rotatable bonds is 23. The topological polar surface area (TPSA) is 107 Å². The number of unbranched alkanes of at least 4 members (excludes halogenated alkanes) is 8. The van der Waals surface area contributed by atoms with Crippen LogP contribution in [0.25, 0.3) is 0 Å². The molecule has 2 aliphatic heterocycles. The van der Waals surface area contributed by atoms with E-state index >= 15 is 0 Å². The van der Waals surface area contributed by atoms with Crippen LogP contribution in [0.1, 0.15) is 217 Å². The van der Waals surface area contributed by atoms with Gasteiger partial charge in [-0.2, -0.15) is 0 Å². The second kappa shape index (κ2) is 38.5. The second-order valence-corrected chi connectivity index (χ2v) is 16.2. The summed E-state index contributed by atoms with van der Waals surface area (Å²) in [5, 5.41) is 0. The van der Waals surface area contributed by atoms with Crippen molar-refractivity contribution >= 4 is 17.9 Å². The van der Waals surface area contributed by atoms with E-state index in [0.717, 1.165) is 119 Å². The molecule has 0 fully saturated rings. The number of carbonyl (C=O) groups excluding carboxylic acids is 3. The molecule has 0 bridgehead atoms. The third-order valence-electron chi connectivity index (χ3n) is 10.9. The fourth-order valence-corrected chi connectivity index (χ4v) is 7.41. The highest BCUT2D eigenvalue weighted by Gasteiger charge is 2.26. The summed E-state index contributed by atoms with van der Waals surface area (Å²) < 4.78 is 31.5. The van der Waals surface area contributed by atoms with Crippen LogP contribution < -0.4 is 0 Å². The molecule has 0 saturated heterocycles. The lowest BCUT2D eigenvalue weighted by Crippen LogP contribution is -2.14. The van der Waals surface area contributed by atoms with E-state index < -0.39 is 5.97 Å². The molecule has 9 nitrogen and oxygen atoms in total. The van der Waals surface area contributed by atoms with Gasteiger partial charge in [-0.1, -0.05) is 104 Å². The molecule has 0 saturated carbocycles. The number of aryl methyl sites for hydroxylation is 1. The first-order valence-electron chi connectivity index (χ1n) is 25.1. The average molecular weight is 913 g/mol. The van der Waals surface area contributed by atoms with E-state index in [1.54, 1.807) is 6.92 Å². The monoisotopic (exact) mass is 913 g/mol. The Morgan fingerprint density at radius 1 is 0.545 bits per heavy atom. The van der Waals surface area contributed by atoms with E-state index in [9.17, 15) is 14.4 Å². The number of esters is 3. The Hall–Kier alpha value is -4.59. The third kappa shape index (κ3) is 22.7. The molecule has 2 aromatic rings. The van der Waals surface area contributed by atoms with Crippen LogP contribution in [-0.2, 0) is 85.3 Å². The summed E-state index contributed by atoms with van der Waals surface area (Å²) in [6.07, 6.45) is 24.1. The Bertz CT molecular complexity index is 1880. The number of hydrogen-bond acceptors (Lipinski definition) is 9. The predicted octanol–water partition coefficient (Wildman–Crippen LogP) is 12.7. The van der Waals surface area contributed by atoms with E-state index in [1.165, 1.54) is 51.8 Å². The van der Waals surface area contributed by atoms with Gasteiger partial charge in [0, 0.05) is 18.8 Å². The average Bonchev–Trinajstić information content (AvgIpc) is 4.00. The molecule has 366 valence electrons. The number of fused-ring (bicyclic) bond motifs is 2. The van der Waals surface area contributed by atoms with Crippen LogP contribution >= 0.6 is 0 Å². The summed E-state index contributed by atoms with van der Waals surface area (Å²) >= 11 is 0. The maximum Gasteiger partial charge on any atom is 0.384 e. The van der Waals surface area contributed by atoms with E-state index in [1.807, 2.05) is 19.9 Å². The Kier molecular flexibility index (Phi) is 34.7. The summed E-state index contributed by atoms with van der Waals surface area (Å²) in [7, 11) is 0. The van der Waals surface area contributed by atoms with Gasteiger partial charge >= 0.3 is 17.9 Å². The Morgan fingerprint density at radius 3 is 1.61 bits per heavy atom. The fourth-order valence-electron chi connectivity index (χ4n) is 7.41. The minimum Gasteiger partial charge on any atom is -0.462 e. The molecule has 9 heteroatoms. The number of hydrogen-bond donors (Lipinski definition) is 0. The largest absolute Gasteiger partial charge is 0.462 e. The van der Waals surface area contributed by atoms with Crippen molar-refractivity contribution in [2.45, 2.75) is 204 Å². The summed E-state index contributed by atoms with van der Waals surface area (Å²) in [4.78, 5) is 35.6. The van der Waals surface area contributed by atoms with Crippen molar-refractivity contribution < 1.29 is 42.8 Å². The van der Waals surface area contributed by atoms with Gasteiger partial charge in [0.25, 0.3) is 0 Å². The van der Waals surface area contributed by atoms with E-state index in [-0.39, 0.29) is 11.9 Å². The summed E-state index contributed by atoms with van der Waals surface area (Å²) in [5.74, 6) is 12.7. The van der Waals surface area contributed by atoms with Crippen LogP contribution in [0, 0.1) is 36.0 Å². The molecule has 0 N–H and O–H groups in total. The number of benzene rings is 2. The number of carbonyl (C=O) groups is 3. The van der Waals surface area contributed by atoms with E-state index in [0.29, 0.717) is 59.5 Å². The van der Waals surface area contributed by atoms with Crippen molar-refractivity contribution in [2.24, 2.45) is 0 Å². The summed E-state index contributed by atoms with van der Waals surface area (Å²) in [6, 6.07) is 4.19. The minimum atomic E-state index is -0.413. The highest BCUT2D eigenvalue weighted by atomic mass is 16.5. The molecule has 2 aromatic carbocycles. The lowest BCUT2D eigenvalue weighted by molar-refractivity contribution is -0.136. The standard InChI is InChI=1S/2C19H28O3.C10H14O.C9H14O2/c1-4-7-9-15-16(10-8-5-2)18-13-21-12-14(18)11-17(15)19(20)22-6-3;1-4-7-9-14-11-15-12-21-13-17(15)16(10-8-5-2)18(14)19(20)22-6-3;1-3-5-6-7-8-10-11-9-4-2;1-3-5-6-7-8-9(10)11-4-2/h2*11H,4-10,12-13H2,1-3H3;2H,3,5-6,9-10H2,1H3;3-6H2,1-2H3. The lowest BCUT2D eigenvalue weighted by Gasteiger charge is -2.18. The third-order valence-corrected chi connectivity index (χ3v) is 10.9. The van der Waals surface area contributed by atoms with Crippen molar-refractivity contribution in [2.75, 3.05) is 33.0 Å². The normalized spacial score (nSPS) is 11.5. The SMILES string of the molecule is C#CCOCC#CCCCC.CCCCC#CC(=O)OCC.CCCCc1c(C(=O)OCC)cc2c(c1CCCC)COC2.CCCCc1cc2c(c(CCCC)c1C(=O)OCC)COC2. The zero-order chi connectivity index (χ0) is 48.8. The zero-order valence-corrected chi connectivity index (χ0v) is 42.5. The molecule has 2 heterocycles. The first-order valence-corrected chi connectivity index (χ1v) is 25.1. The number of ether oxygens (including phenoxy) is 6. The highest BCUT2D eigenvalue weighted by Crippen LogP contribution is 2.33. The van der Waals surface area contributed by atoms with Crippen molar-refractivity contribution in [3.63, 3.8) is 0 Å². The van der Waals surface area contributed by atoms with Gasteiger partial charge in [-0.05, 0) is 136 Å². The van der Waals surface area contributed by atoms with Crippen LogP contribution in [0.3, 0.4) is 0 Å². The Balaban J connectivity index is 0.000000465. The van der Waals surface area contributed by atoms with Gasteiger partial charge in [-0.3, -0.25) is 0 Å². The van der Waals surface area contributed by atoms with Crippen LogP contribution in [0.2, 0.25) is 0 Å². The lowest BCUT2D eigenvalue weighted by atomic mass is 9.87. The van der Waals surface area contributed by atoms with E-state index in [4.69, 9.17) is 30.1 Å². The first-order chi connectivity index (χ1) is 32.2. The molecule has 0 aliphatic carbocycles. The van der Waals surface area contributed by atoms with Gasteiger partial charge in [-0.25, -0.2) is 14.4 Å². The van der Waals surface area contributed by atoms with Crippen molar-refractivity contribution in [3.05, 3.63) is 67.8 Å². The second-order valence-electron chi connectivity index (χ2n) is 16.2. The molecule has 0 radical (unpaired) electrons. The van der Waals surface area contributed by atoms with Gasteiger partial charge in [0.05, 0.1) is 57.4 Å². The van der Waals surface area contributed by atoms with Gasteiger partial charge in [0.2, 0.25) is 0 Å². The van der Waals surface area contributed by atoms with Crippen LogP contribution in [0.15, 0.2) is 12.1 Å². The molecular formula is C57H84O9. The molecule has 0 aromatic heterocycles. The Labute approximate surface area is 400 Å². The molecular weight excluding hydrogens is 829 g/mol. The summed E-state index contributed by atoms with van der Waals surface area (Å²) in [6.45, 7) is 23.2. The maximum absolute atomic E-state index is 12.5. The fraction of sp³-hybridized carbons (Fsp3) is 0.632. The molecule has 2 aliphatic rings. The minimum absolute atomic E-state index is 0.158. The van der Waals surface area contributed by atoms with Crippen LogP contribution in [-0.4, -0.2) is 50.9 Å². The van der Waals surface area contributed by atoms with Crippen molar-refractivity contribution in [3.8, 4) is 36.0 Å². The molecule has 0 unspecified atom stereocenters. The zero-order valence-electron chi connectivity index (χ0n) is 42.5. The van der Waals surface area contributed by atoms with Crippen molar-refractivity contribution in [1.82, 2.24) is 0 Å². The predicted molar refractivity (Wildman–Crippen MR) is 267 cm³/mol. The quantitative estimate of drug-likeness (QED) is 0.0354. The molecule has 0 amide bonds. The van der Waals surface area contributed by atoms with Gasteiger partial charge in [0.1, 0.15) is 13.2 Å². The smallest absolute Gasteiger partial charge is 0.384 e. The van der Waals surface area contributed by atoms with Gasteiger partial charge in [-0.15, -0.1) is 12.3 Å². The summed E-state index contributed by atoms with van der Waals surface area (Å²) in [5.41, 5.74) is 11.5. The molecule has 4 rings (SSSR count). The van der Waals surface area contributed by atoms with Crippen molar-refractivity contribution in [1.29, 1.82) is 0 Å². The molecule has 66 heavy (non-hydrogen) atoms. The molecule has 0 atom stereocenters. The maximum atomic E-state index is 12.5. The van der Waals surface area contributed by atoms with Gasteiger partial charge < -0.3 is 28.4 Å². The van der Waals surface area contributed by atoms with Crippen LogP contribution in [0.4, 0.5) is 0 Å². The van der Waals surface area contributed by atoms with Gasteiger partial charge in [0.15, 0.2) is 0 Å². The Morgan fingerprint density at radius 2 is 1.05 bits per heavy atom. The number of terminal acetylenes is 1. The van der Waals surface area contributed by atoms with E-state index in [2.05, 4.69) is 81.9 Å². The van der Waals surface area contributed by atoms with Crippen LogP contribution in [0.5, 0.6) is 0 Å².